The molecule has 10 heavy (non-hydrogen) atoms. The van der Waals surface area contributed by atoms with Crippen molar-refractivity contribution in [1.82, 2.24) is 4.98 Å². The van der Waals surface area contributed by atoms with E-state index in [9.17, 15) is 4.79 Å². The van der Waals surface area contributed by atoms with Crippen molar-refractivity contribution in [2.24, 2.45) is 5.73 Å². The van der Waals surface area contributed by atoms with Gasteiger partial charge in [-0.25, -0.2) is 0 Å². The van der Waals surface area contributed by atoms with Crippen LogP contribution in [0.4, 0.5) is 0 Å². The van der Waals surface area contributed by atoms with E-state index in [0.717, 1.165) is 0 Å². The number of nitrogens with two attached hydrogens (primary N) is 1. The molecule has 0 spiro atoms. The lowest BCUT2D eigenvalue weighted by atomic mass is 10.4. The molecule has 1 aromatic heterocycles. The van der Waals surface area contributed by atoms with Gasteiger partial charge in [0.15, 0.2) is 0 Å². The van der Waals surface area contributed by atoms with Gasteiger partial charge in [-0.05, 0) is 22.0 Å². The first-order valence-electron chi connectivity index (χ1n) is 2.45. The molecule has 0 bridgehead atoms. The fraction of sp³-hybridized carbons (Fsp3) is 0. The van der Waals surface area contributed by atoms with Crippen molar-refractivity contribution in [3.8, 4) is 0 Å². The molecular formula is C5H4BrClN2O. The lowest BCUT2D eigenvalue weighted by molar-refractivity contribution is 0.0996. The minimum Gasteiger partial charge on any atom is -0.364 e. The number of rotatable bonds is 1. The summed E-state index contributed by atoms with van der Waals surface area (Å²) in [6, 6.07) is 1.47. The molecule has 1 rings (SSSR count). The molecule has 0 saturated carbocycles. The normalized spacial score (nSPS) is 9.80. The van der Waals surface area contributed by atoms with Crippen molar-refractivity contribution in [2.45, 2.75) is 0 Å². The molecule has 1 amide bonds. The van der Waals surface area contributed by atoms with Gasteiger partial charge in [0, 0.05) is 0 Å². The zero-order valence-electron chi connectivity index (χ0n) is 4.82. The zero-order valence-corrected chi connectivity index (χ0v) is 7.16. The van der Waals surface area contributed by atoms with Crippen LogP contribution in [0.2, 0.25) is 5.02 Å². The van der Waals surface area contributed by atoms with Crippen LogP contribution < -0.4 is 5.73 Å². The Morgan fingerprint density at radius 3 is 2.60 bits per heavy atom. The number of aromatic nitrogens is 1. The smallest absolute Gasteiger partial charge is 0.265 e. The van der Waals surface area contributed by atoms with Gasteiger partial charge in [-0.1, -0.05) is 11.6 Å². The van der Waals surface area contributed by atoms with E-state index in [1.807, 2.05) is 0 Å². The van der Waals surface area contributed by atoms with Crippen LogP contribution in [0.15, 0.2) is 10.7 Å². The van der Waals surface area contributed by atoms with E-state index in [1.54, 1.807) is 0 Å². The molecule has 0 radical (unpaired) electrons. The predicted octanol–water partition coefficient (Wildman–Crippen LogP) is 1.53. The van der Waals surface area contributed by atoms with Crippen molar-refractivity contribution in [3.63, 3.8) is 0 Å². The summed E-state index contributed by atoms with van der Waals surface area (Å²) in [6.07, 6.45) is 0. The molecule has 0 aliphatic rings. The van der Waals surface area contributed by atoms with E-state index >= 15 is 0 Å². The minimum atomic E-state index is -0.521. The van der Waals surface area contributed by atoms with Gasteiger partial charge in [0.2, 0.25) is 0 Å². The quantitative estimate of drug-likeness (QED) is 0.745. The van der Waals surface area contributed by atoms with E-state index in [1.165, 1.54) is 6.07 Å². The third kappa shape index (κ3) is 1.33. The Labute approximate surface area is 70.7 Å². The fourth-order valence-corrected chi connectivity index (χ4v) is 1.02. The Morgan fingerprint density at radius 2 is 2.40 bits per heavy atom. The highest BCUT2D eigenvalue weighted by atomic mass is 79.9. The number of amides is 1. The molecule has 3 N–H and O–H groups in total. The van der Waals surface area contributed by atoms with Crippen molar-refractivity contribution in [2.75, 3.05) is 0 Å². The zero-order chi connectivity index (χ0) is 7.72. The molecule has 3 nitrogen and oxygen atoms in total. The van der Waals surface area contributed by atoms with Gasteiger partial charge in [-0.15, -0.1) is 0 Å². The molecule has 0 aliphatic carbocycles. The molecule has 0 saturated heterocycles. The summed E-state index contributed by atoms with van der Waals surface area (Å²) in [6.45, 7) is 0. The molecule has 0 atom stereocenters. The van der Waals surface area contributed by atoms with Crippen LogP contribution in [0.5, 0.6) is 0 Å². The topological polar surface area (TPSA) is 58.9 Å². The van der Waals surface area contributed by atoms with Crippen molar-refractivity contribution in [1.29, 1.82) is 0 Å². The number of H-pyrrole nitrogens is 1. The summed E-state index contributed by atoms with van der Waals surface area (Å²) >= 11 is 8.68. The van der Waals surface area contributed by atoms with Crippen molar-refractivity contribution >= 4 is 33.4 Å². The first-order valence-corrected chi connectivity index (χ1v) is 3.62. The molecule has 54 valence electrons. The number of hydrogen-bond acceptors (Lipinski definition) is 1. The highest BCUT2D eigenvalue weighted by Crippen LogP contribution is 2.21. The Hall–Kier alpha value is -0.480. The van der Waals surface area contributed by atoms with Crippen LogP contribution in [0.1, 0.15) is 10.5 Å². The van der Waals surface area contributed by atoms with Crippen LogP contribution in [0.3, 0.4) is 0 Å². The summed E-state index contributed by atoms with van der Waals surface area (Å²) in [5.74, 6) is -0.521. The van der Waals surface area contributed by atoms with Crippen LogP contribution in [-0.4, -0.2) is 10.9 Å². The summed E-state index contributed by atoms with van der Waals surface area (Å²) in [7, 11) is 0. The third-order valence-corrected chi connectivity index (χ3v) is 2.14. The van der Waals surface area contributed by atoms with E-state index in [-0.39, 0.29) is 0 Å². The maximum atomic E-state index is 10.5. The molecule has 1 heterocycles. The monoisotopic (exact) mass is 222 g/mol. The van der Waals surface area contributed by atoms with Crippen molar-refractivity contribution in [3.05, 3.63) is 21.4 Å². The summed E-state index contributed by atoms with van der Waals surface area (Å²) in [5.41, 5.74) is 5.25. The molecule has 0 unspecified atom stereocenters. The number of halogens is 2. The minimum absolute atomic E-state index is 0.303. The van der Waals surface area contributed by atoms with Crippen molar-refractivity contribution < 1.29 is 4.79 Å². The van der Waals surface area contributed by atoms with Gasteiger partial charge in [0.1, 0.15) is 10.3 Å². The number of aromatic amines is 1. The van der Waals surface area contributed by atoms with Gasteiger partial charge in [0.05, 0.1) is 5.02 Å². The Bertz CT molecular complexity index is 251. The van der Waals surface area contributed by atoms with Gasteiger partial charge in [-0.3, -0.25) is 4.79 Å². The standard InChI is InChI=1S/C5H4BrClN2O/c6-4-2(7)1-3(9-4)5(8)10/h1,9H,(H2,8,10). The molecule has 1 aromatic rings. The number of primary amides is 1. The molecule has 0 fully saturated rings. The average Bonchev–Trinajstić information content (AvgIpc) is 2.13. The lowest BCUT2D eigenvalue weighted by Gasteiger charge is -1.83. The second kappa shape index (κ2) is 2.64. The fourth-order valence-electron chi connectivity index (χ4n) is 0.537. The summed E-state index contributed by atoms with van der Waals surface area (Å²) < 4.78 is 0.572. The molecule has 5 heteroatoms. The Balaban J connectivity index is 3.10. The third-order valence-electron chi connectivity index (χ3n) is 0.991. The van der Waals surface area contributed by atoms with Gasteiger partial charge < -0.3 is 10.7 Å². The molecular weight excluding hydrogens is 219 g/mol. The largest absolute Gasteiger partial charge is 0.364 e. The van der Waals surface area contributed by atoms with Gasteiger partial charge in [0.25, 0.3) is 5.91 Å². The van der Waals surface area contributed by atoms with E-state index in [2.05, 4.69) is 20.9 Å². The first-order chi connectivity index (χ1) is 4.61. The van der Waals surface area contributed by atoms with Gasteiger partial charge in [-0.2, -0.15) is 0 Å². The summed E-state index contributed by atoms with van der Waals surface area (Å²) in [5, 5.41) is 0.453. The second-order valence-corrected chi connectivity index (χ2v) is 2.91. The Morgan fingerprint density at radius 1 is 1.80 bits per heavy atom. The van der Waals surface area contributed by atoms with Crippen LogP contribution >= 0.6 is 27.5 Å². The molecule has 0 aromatic carbocycles. The second-order valence-electron chi connectivity index (χ2n) is 1.71. The highest BCUT2D eigenvalue weighted by Gasteiger charge is 2.06. The number of carbonyl (C=O) groups excluding carboxylic acids is 1. The lowest BCUT2D eigenvalue weighted by Crippen LogP contribution is -2.10. The Kier molecular flexibility index (Phi) is 2.01. The van der Waals surface area contributed by atoms with Crippen LogP contribution in [0.25, 0.3) is 0 Å². The number of carbonyl (C=O) groups is 1. The van der Waals surface area contributed by atoms with E-state index in [0.29, 0.717) is 15.3 Å². The van der Waals surface area contributed by atoms with E-state index < -0.39 is 5.91 Å². The van der Waals surface area contributed by atoms with Crippen LogP contribution in [0, 0.1) is 0 Å². The maximum absolute atomic E-state index is 10.5. The number of nitrogens with one attached hydrogen (secondary N) is 1. The highest BCUT2D eigenvalue weighted by molar-refractivity contribution is 9.10. The number of hydrogen-bond donors (Lipinski definition) is 2. The summed E-state index contributed by atoms with van der Waals surface area (Å²) in [4.78, 5) is 13.1. The first kappa shape index (κ1) is 7.63. The van der Waals surface area contributed by atoms with Crippen LogP contribution in [-0.2, 0) is 0 Å². The molecule has 0 aliphatic heterocycles. The SMILES string of the molecule is NC(=O)c1cc(Cl)c(Br)[nH]1. The average molecular weight is 223 g/mol. The van der Waals surface area contributed by atoms with Gasteiger partial charge >= 0.3 is 0 Å². The predicted molar refractivity (Wildman–Crippen MR) is 42.0 cm³/mol. The maximum Gasteiger partial charge on any atom is 0.265 e. The van der Waals surface area contributed by atoms with E-state index in [4.69, 9.17) is 17.3 Å².